The van der Waals surface area contributed by atoms with E-state index in [-0.39, 0.29) is 84.3 Å². The molecule has 0 radical (unpaired) electrons. The van der Waals surface area contributed by atoms with Gasteiger partial charge in [0.2, 0.25) is 11.8 Å². The normalized spacial score (nSPS) is 17.9. The summed E-state index contributed by atoms with van der Waals surface area (Å²) in [5.41, 5.74) is 2.12. The van der Waals surface area contributed by atoms with E-state index in [0.29, 0.717) is 38.8 Å². The lowest BCUT2D eigenvalue weighted by Gasteiger charge is -2.41. The minimum Gasteiger partial charge on any atom is -0.481 e. The molecule has 0 spiro atoms. The maximum Gasteiger partial charge on any atom is 0.335 e. The molecule has 1 aliphatic heterocycles. The summed E-state index contributed by atoms with van der Waals surface area (Å²) in [5.74, 6) is -3.79. The standard InChI is InChI=1S/C53H79N3O10/c1-12-36(6)50(55(9)52(62)42(34(2)3)32-45(58)49(35(4)5)54(8)28-17-21-48(60)61)46(65-10)33-47(59)56-29-16-20-43(56)51(66-11)37(7)44(57)31-40(30-39-18-14-13-15-19-39)23-22-38-24-26-41(27-25-38)53(63)64/h13-15,18-19,22-27,34-37,40,42-43,46,49-51H,12,16-17,20-21,28-33H2,1-11H3,(H,60,61)(H,63,64)/b23-22+/t36-,37-,40+,42-,43-,46+,49-,50-,51+/m0/s1. The third kappa shape index (κ3) is 16.0. The molecule has 0 aliphatic carbocycles. The predicted molar refractivity (Wildman–Crippen MR) is 258 cm³/mol. The van der Waals surface area contributed by atoms with Crippen LogP contribution >= 0.6 is 0 Å². The number of likely N-dealkylation sites (N-methyl/N-ethyl adjacent to an activating group) is 2. The van der Waals surface area contributed by atoms with Gasteiger partial charge >= 0.3 is 11.9 Å². The lowest BCUT2D eigenvalue weighted by molar-refractivity contribution is -0.149. The summed E-state index contributed by atoms with van der Waals surface area (Å²) >= 11 is 0. The van der Waals surface area contributed by atoms with Crippen LogP contribution in [0.3, 0.4) is 0 Å². The molecule has 2 aromatic carbocycles. The highest BCUT2D eigenvalue weighted by Crippen LogP contribution is 2.32. The number of hydrogen-bond acceptors (Lipinski definition) is 9. The van der Waals surface area contributed by atoms with Gasteiger partial charge in [-0.3, -0.25) is 28.9 Å². The molecule has 0 aromatic heterocycles. The van der Waals surface area contributed by atoms with E-state index in [4.69, 9.17) is 14.6 Å². The summed E-state index contributed by atoms with van der Waals surface area (Å²) in [5, 5.41) is 18.5. The first-order valence-corrected chi connectivity index (χ1v) is 23.9. The fourth-order valence-corrected chi connectivity index (χ4v) is 9.85. The van der Waals surface area contributed by atoms with Crippen molar-refractivity contribution in [2.75, 3.05) is 41.4 Å². The number of nitrogens with zero attached hydrogens (tertiary/aromatic N) is 3. The molecule has 0 bridgehead atoms. The molecule has 66 heavy (non-hydrogen) atoms. The van der Waals surface area contributed by atoms with Crippen molar-refractivity contribution < 1.29 is 48.5 Å². The fraction of sp³-hybridized carbons (Fsp3) is 0.623. The molecule has 2 aromatic rings. The number of rotatable bonds is 29. The van der Waals surface area contributed by atoms with E-state index in [1.54, 1.807) is 50.4 Å². The van der Waals surface area contributed by atoms with Crippen LogP contribution in [-0.2, 0) is 39.9 Å². The number of carbonyl (C=O) groups is 6. The SMILES string of the molecule is CC[C@H](C)[C@@H]([C@@H](CC(=O)N1CCC[C@H]1[C@H](OC)[C@@H](C)C(=O)C[C@H](/C=C/c1ccc(C(=O)O)cc1)Cc1ccccc1)OC)N(C)C(=O)[C@@H](CC(=O)[C@H](C(C)C)N(C)CCCC(=O)O)C(C)C. The van der Waals surface area contributed by atoms with E-state index < -0.39 is 48.1 Å². The van der Waals surface area contributed by atoms with Crippen LogP contribution in [0.2, 0.25) is 0 Å². The minimum absolute atomic E-state index is 0.0115. The average Bonchev–Trinajstić information content (AvgIpc) is 3.76. The molecule has 9 atom stereocenters. The number of hydrogen-bond donors (Lipinski definition) is 2. The van der Waals surface area contributed by atoms with Gasteiger partial charge in [-0.15, -0.1) is 0 Å². The molecule has 13 heteroatoms. The number of ether oxygens (including phenoxy) is 2. The largest absolute Gasteiger partial charge is 0.481 e. The van der Waals surface area contributed by atoms with Crippen LogP contribution in [-0.4, -0.2) is 132 Å². The number of methoxy groups -OCH3 is 2. The maximum atomic E-state index is 14.6. The molecule has 0 saturated carbocycles. The van der Waals surface area contributed by atoms with Crippen molar-refractivity contribution in [3.8, 4) is 0 Å². The van der Waals surface area contributed by atoms with Gasteiger partial charge in [0.05, 0.1) is 42.3 Å². The van der Waals surface area contributed by atoms with Gasteiger partial charge in [0.25, 0.3) is 0 Å². The summed E-state index contributed by atoms with van der Waals surface area (Å²) in [4.78, 5) is 85.2. The van der Waals surface area contributed by atoms with Crippen LogP contribution in [0.15, 0.2) is 60.7 Å². The van der Waals surface area contributed by atoms with Gasteiger partial charge in [-0.1, -0.05) is 110 Å². The Morgan fingerprint density at radius 1 is 0.833 bits per heavy atom. The highest BCUT2D eigenvalue weighted by Gasteiger charge is 2.43. The zero-order chi connectivity index (χ0) is 49.2. The number of carbonyl (C=O) groups excluding carboxylic acids is 4. The fourth-order valence-electron chi connectivity index (χ4n) is 9.85. The van der Waals surface area contributed by atoms with Crippen LogP contribution in [0.1, 0.15) is 121 Å². The van der Waals surface area contributed by atoms with Crippen molar-refractivity contribution >= 4 is 41.4 Å². The predicted octanol–water partition coefficient (Wildman–Crippen LogP) is 8.19. The Kier molecular flexibility index (Phi) is 22.9. The number of likely N-dealkylation sites (tertiary alicyclic amines) is 1. The molecule has 1 aliphatic rings. The Morgan fingerprint density at radius 3 is 2.03 bits per heavy atom. The highest BCUT2D eigenvalue weighted by molar-refractivity contribution is 5.90. The van der Waals surface area contributed by atoms with Crippen LogP contribution in [0.4, 0.5) is 0 Å². The van der Waals surface area contributed by atoms with Crippen molar-refractivity contribution in [2.24, 2.45) is 35.5 Å². The molecule has 1 heterocycles. The molecule has 1 saturated heterocycles. The first-order valence-electron chi connectivity index (χ1n) is 23.9. The quantitative estimate of drug-likeness (QED) is 0.0807. The Balaban J connectivity index is 1.80. The molecular weight excluding hydrogens is 839 g/mol. The molecule has 2 amide bonds. The lowest BCUT2D eigenvalue weighted by atomic mass is 9.83. The van der Waals surface area contributed by atoms with Crippen LogP contribution in [0.25, 0.3) is 6.08 Å². The number of allylic oxidation sites excluding steroid dienone is 1. The zero-order valence-electron chi connectivity index (χ0n) is 41.5. The van der Waals surface area contributed by atoms with E-state index in [2.05, 4.69) is 0 Å². The van der Waals surface area contributed by atoms with Crippen molar-refractivity contribution in [1.82, 2.24) is 14.7 Å². The summed E-state index contributed by atoms with van der Waals surface area (Å²) < 4.78 is 12.2. The second-order valence-electron chi connectivity index (χ2n) is 19.2. The third-order valence-corrected chi connectivity index (χ3v) is 13.8. The third-order valence-electron chi connectivity index (χ3n) is 13.8. The molecular formula is C53H79N3O10. The Morgan fingerprint density at radius 2 is 1.48 bits per heavy atom. The first kappa shape index (κ1) is 55.6. The number of ketones is 2. The number of carboxylic acid groups (broad SMARTS) is 2. The van der Waals surface area contributed by atoms with Crippen molar-refractivity contribution in [2.45, 2.75) is 137 Å². The van der Waals surface area contributed by atoms with Gasteiger partial charge in [0.1, 0.15) is 5.78 Å². The first-order chi connectivity index (χ1) is 31.2. The zero-order valence-corrected chi connectivity index (χ0v) is 41.5. The smallest absolute Gasteiger partial charge is 0.335 e. The van der Waals surface area contributed by atoms with Crippen LogP contribution in [0.5, 0.6) is 0 Å². The van der Waals surface area contributed by atoms with Crippen molar-refractivity contribution in [1.29, 1.82) is 0 Å². The van der Waals surface area contributed by atoms with Gasteiger partial charge in [-0.05, 0) is 86.2 Å². The summed E-state index contributed by atoms with van der Waals surface area (Å²) in [7, 11) is 6.73. The summed E-state index contributed by atoms with van der Waals surface area (Å²) in [6.07, 6.45) is 6.20. The highest BCUT2D eigenvalue weighted by atomic mass is 16.5. The Labute approximate surface area is 394 Å². The average molecular weight is 918 g/mol. The Hall–Kier alpha value is -4.72. The van der Waals surface area contributed by atoms with Gasteiger partial charge in [-0.25, -0.2) is 4.79 Å². The number of Topliss-reactive ketones (excluding diaryl/α,β-unsaturated/α-hetero) is 2. The Bertz CT molecular complexity index is 1900. The van der Waals surface area contributed by atoms with Gasteiger partial charge < -0.3 is 29.5 Å². The maximum absolute atomic E-state index is 14.6. The van der Waals surface area contributed by atoms with Gasteiger partial charge in [0, 0.05) is 58.9 Å². The second kappa shape index (κ2) is 27.2. The van der Waals surface area contributed by atoms with Gasteiger partial charge in [0.15, 0.2) is 5.78 Å². The van der Waals surface area contributed by atoms with Crippen LogP contribution < -0.4 is 0 Å². The summed E-state index contributed by atoms with van der Waals surface area (Å²) in [6, 6.07) is 15.3. The molecule has 366 valence electrons. The van der Waals surface area contributed by atoms with E-state index in [1.165, 1.54) is 0 Å². The number of aromatic carboxylic acids is 1. The molecule has 2 N–H and O–H groups in total. The topological polar surface area (TPSA) is 171 Å². The number of carboxylic acids is 2. The molecule has 13 nitrogen and oxygen atoms in total. The number of amides is 2. The molecule has 3 rings (SSSR count). The van der Waals surface area contributed by atoms with E-state index in [0.717, 1.165) is 17.5 Å². The van der Waals surface area contributed by atoms with E-state index >= 15 is 0 Å². The minimum atomic E-state index is -0.994. The lowest BCUT2D eigenvalue weighted by Crippen LogP contribution is -2.54. The number of benzene rings is 2. The van der Waals surface area contributed by atoms with Gasteiger partial charge in [-0.2, -0.15) is 0 Å². The summed E-state index contributed by atoms with van der Waals surface area (Å²) in [6.45, 7) is 14.7. The van der Waals surface area contributed by atoms with Crippen molar-refractivity contribution in [3.05, 3.63) is 77.4 Å². The van der Waals surface area contributed by atoms with Crippen molar-refractivity contribution in [3.63, 3.8) is 0 Å². The second-order valence-corrected chi connectivity index (χ2v) is 19.2. The van der Waals surface area contributed by atoms with E-state index in [9.17, 15) is 33.9 Å². The molecule has 0 unspecified atom stereocenters. The monoisotopic (exact) mass is 918 g/mol. The van der Waals surface area contributed by atoms with E-state index in [1.807, 2.05) is 108 Å². The molecule has 1 fully saturated rings. The number of aliphatic carboxylic acids is 1. The van der Waals surface area contributed by atoms with Crippen LogP contribution in [0, 0.1) is 35.5 Å².